The Morgan fingerprint density at radius 3 is 2.61 bits per heavy atom. The van der Waals surface area contributed by atoms with Gasteiger partial charge in [-0.2, -0.15) is 18.3 Å². The van der Waals surface area contributed by atoms with Crippen molar-refractivity contribution in [3.05, 3.63) is 88.4 Å². The number of anilines is 1. The van der Waals surface area contributed by atoms with Crippen molar-refractivity contribution in [2.24, 2.45) is 10.2 Å². The number of hydrogen-bond donors (Lipinski definition) is 1. The number of dihydropyridines is 1. The number of amides is 1. The Bertz CT molecular complexity index is 1170. The number of benzene rings is 2. The first-order valence-electron chi connectivity index (χ1n) is 10.0. The molecule has 3 heterocycles. The molecular formula is C23H19F3N4O. The molecule has 0 aromatic heterocycles. The van der Waals surface area contributed by atoms with Crippen LogP contribution in [-0.2, 0) is 16.4 Å². The van der Waals surface area contributed by atoms with Gasteiger partial charge in [-0.25, -0.2) is 0 Å². The molecule has 0 saturated carbocycles. The number of azo groups is 1. The van der Waals surface area contributed by atoms with Gasteiger partial charge in [0, 0.05) is 17.0 Å². The Labute approximate surface area is 177 Å². The summed E-state index contributed by atoms with van der Waals surface area (Å²) in [4.78, 5) is 15.3. The lowest BCUT2D eigenvalue weighted by Crippen LogP contribution is -2.41. The van der Waals surface area contributed by atoms with E-state index in [1.807, 2.05) is 37.3 Å². The minimum atomic E-state index is -4.48. The molecule has 1 N–H and O–H groups in total. The maximum absolute atomic E-state index is 13.7. The van der Waals surface area contributed by atoms with Gasteiger partial charge in [0.1, 0.15) is 0 Å². The Hall–Kier alpha value is -3.42. The third-order valence-electron chi connectivity index (χ3n) is 6.25. The van der Waals surface area contributed by atoms with Crippen LogP contribution in [0.2, 0.25) is 0 Å². The summed E-state index contributed by atoms with van der Waals surface area (Å²) in [5.41, 5.74) is 1.27. The van der Waals surface area contributed by atoms with E-state index in [0.29, 0.717) is 35.6 Å². The molecule has 0 aliphatic carbocycles. The van der Waals surface area contributed by atoms with E-state index >= 15 is 0 Å². The molecule has 0 fully saturated rings. The van der Waals surface area contributed by atoms with E-state index in [1.54, 1.807) is 11.0 Å². The van der Waals surface area contributed by atoms with E-state index in [9.17, 15) is 18.0 Å². The van der Waals surface area contributed by atoms with Gasteiger partial charge in [0.15, 0.2) is 5.82 Å². The van der Waals surface area contributed by atoms with Crippen molar-refractivity contribution < 1.29 is 18.0 Å². The fraction of sp³-hybridized carbons (Fsp3) is 0.261. The molecule has 0 bridgehead atoms. The number of rotatable bonds is 3. The summed E-state index contributed by atoms with van der Waals surface area (Å²) in [6, 6.07) is 14.5. The highest BCUT2D eigenvalue weighted by Gasteiger charge is 2.53. The van der Waals surface area contributed by atoms with Crippen molar-refractivity contribution in [1.82, 2.24) is 5.32 Å². The highest BCUT2D eigenvalue weighted by molar-refractivity contribution is 6.12. The molecular weight excluding hydrogens is 405 g/mol. The number of alkyl halides is 3. The molecule has 0 spiro atoms. The Morgan fingerprint density at radius 2 is 1.90 bits per heavy atom. The molecule has 5 rings (SSSR count). The molecule has 0 unspecified atom stereocenters. The first-order chi connectivity index (χ1) is 14.9. The van der Waals surface area contributed by atoms with Crippen LogP contribution in [0, 0.1) is 0 Å². The average molecular weight is 424 g/mol. The molecule has 158 valence electrons. The highest BCUT2D eigenvalue weighted by Crippen LogP contribution is 2.51. The lowest BCUT2D eigenvalue weighted by Gasteiger charge is -2.39. The Balaban J connectivity index is 1.69. The van der Waals surface area contributed by atoms with Gasteiger partial charge < -0.3 is 10.2 Å². The number of carbonyl (C=O) groups excluding carboxylic acids is 1. The molecule has 2 aromatic carbocycles. The molecule has 1 amide bonds. The van der Waals surface area contributed by atoms with Crippen molar-refractivity contribution in [2.75, 3.05) is 18.0 Å². The second kappa shape index (κ2) is 6.80. The SMILES string of the molecule is CC[C@]1(c2cccc(C(F)(F)F)c2)C2=C(N=NC2)NC2=C1C(=O)N(c1ccccc1)C2. The standard InChI is InChI=1S/C23H19F3N4O/c1-2-22(14-7-6-8-15(11-14)23(24,25)26)17-12-27-29-20(17)28-18-13-30(21(31)19(18)22)16-9-4-3-5-10-16/h3-11,28H,2,12-13H2,1H3/t22-/m0/s1. The van der Waals surface area contributed by atoms with Gasteiger partial charge in [-0.15, -0.1) is 5.11 Å². The van der Waals surface area contributed by atoms with E-state index in [2.05, 4.69) is 15.5 Å². The zero-order valence-corrected chi connectivity index (χ0v) is 16.7. The number of hydrogen-bond acceptors (Lipinski definition) is 4. The maximum atomic E-state index is 13.7. The fourth-order valence-corrected chi connectivity index (χ4v) is 4.85. The monoisotopic (exact) mass is 424 g/mol. The summed E-state index contributed by atoms with van der Waals surface area (Å²) < 4.78 is 40.5. The van der Waals surface area contributed by atoms with Crippen LogP contribution < -0.4 is 10.2 Å². The first kappa shape index (κ1) is 19.5. The fourth-order valence-electron chi connectivity index (χ4n) is 4.85. The smallest absolute Gasteiger partial charge is 0.340 e. The Kier molecular flexibility index (Phi) is 4.28. The van der Waals surface area contributed by atoms with Gasteiger partial charge >= 0.3 is 6.18 Å². The van der Waals surface area contributed by atoms with Gasteiger partial charge in [-0.05, 0) is 30.2 Å². The summed E-state index contributed by atoms with van der Waals surface area (Å²) in [5.74, 6) is 0.312. The third-order valence-corrected chi connectivity index (χ3v) is 6.25. The summed E-state index contributed by atoms with van der Waals surface area (Å²) in [7, 11) is 0. The maximum Gasteiger partial charge on any atom is 0.416 e. The lowest BCUT2D eigenvalue weighted by molar-refractivity contribution is -0.137. The van der Waals surface area contributed by atoms with Gasteiger partial charge in [-0.1, -0.05) is 43.3 Å². The third kappa shape index (κ3) is 2.81. The van der Waals surface area contributed by atoms with Gasteiger partial charge in [0.25, 0.3) is 5.91 Å². The van der Waals surface area contributed by atoms with Crippen molar-refractivity contribution in [1.29, 1.82) is 0 Å². The van der Waals surface area contributed by atoms with Crippen LogP contribution in [0.5, 0.6) is 0 Å². The van der Waals surface area contributed by atoms with Crippen LogP contribution in [0.15, 0.2) is 87.5 Å². The number of para-hydroxylation sites is 1. The number of halogens is 3. The van der Waals surface area contributed by atoms with Crippen LogP contribution in [-0.4, -0.2) is 19.0 Å². The number of carbonyl (C=O) groups is 1. The summed E-state index contributed by atoms with van der Waals surface area (Å²) in [6.45, 7) is 2.42. The lowest BCUT2D eigenvalue weighted by atomic mass is 9.65. The van der Waals surface area contributed by atoms with Gasteiger partial charge in [0.05, 0.1) is 29.6 Å². The minimum absolute atomic E-state index is 0.216. The van der Waals surface area contributed by atoms with Crippen LogP contribution in [0.4, 0.5) is 18.9 Å². The second-order valence-electron chi connectivity index (χ2n) is 7.77. The molecule has 31 heavy (non-hydrogen) atoms. The molecule has 5 nitrogen and oxygen atoms in total. The predicted molar refractivity (Wildman–Crippen MR) is 109 cm³/mol. The molecule has 2 aromatic rings. The van der Waals surface area contributed by atoms with Gasteiger partial charge in [-0.3, -0.25) is 4.79 Å². The molecule has 1 atom stereocenters. The van der Waals surface area contributed by atoms with Crippen molar-refractivity contribution >= 4 is 11.6 Å². The van der Waals surface area contributed by atoms with Crippen LogP contribution >= 0.6 is 0 Å². The average Bonchev–Trinajstić information content (AvgIpc) is 3.37. The second-order valence-corrected chi connectivity index (χ2v) is 7.77. The number of nitrogens with one attached hydrogen (secondary N) is 1. The van der Waals surface area contributed by atoms with Crippen LogP contribution in [0.25, 0.3) is 0 Å². The van der Waals surface area contributed by atoms with Crippen molar-refractivity contribution in [3.63, 3.8) is 0 Å². The molecule has 3 aliphatic heterocycles. The summed E-state index contributed by atoms with van der Waals surface area (Å²) in [6.07, 6.45) is -4.07. The zero-order chi connectivity index (χ0) is 21.8. The predicted octanol–water partition coefficient (Wildman–Crippen LogP) is 4.93. The first-order valence-corrected chi connectivity index (χ1v) is 10.0. The summed E-state index contributed by atoms with van der Waals surface area (Å²) in [5, 5.41) is 11.5. The molecule has 0 saturated heterocycles. The van der Waals surface area contributed by atoms with E-state index < -0.39 is 17.2 Å². The molecule has 8 heteroatoms. The van der Waals surface area contributed by atoms with Crippen molar-refractivity contribution in [2.45, 2.75) is 24.9 Å². The normalized spacial score (nSPS) is 22.7. The largest absolute Gasteiger partial charge is 0.416 e. The van der Waals surface area contributed by atoms with E-state index in [0.717, 1.165) is 23.4 Å². The number of nitrogens with zero attached hydrogens (tertiary/aromatic N) is 3. The molecule has 3 aliphatic rings. The van der Waals surface area contributed by atoms with E-state index in [1.165, 1.54) is 6.07 Å². The molecule has 0 radical (unpaired) electrons. The zero-order valence-electron chi connectivity index (χ0n) is 16.7. The van der Waals surface area contributed by atoms with E-state index in [-0.39, 0.29) is 12.5 Å². The van der Waals surface area contributed by atoms with Crippen LogP contribution in [0.3, 0.4) is 0 Å². The summed E-state index contributed by atoms with van der Waals surface area (Å²) >= 11 is 0. The highest BCUT2D eigenvalue weighted by atomic mass is 19.4. The van der Waals surface area contributed by atoms with E-state index in [4.69, 9.17) is 0 Å². The topological polar surface area (TPSA) is 57.1 Å². The van der Waals surface area contributed by atoms with Crippen molar-refractivity contribution in [3.8, 4) is 0 Å². The quantitative estimate of drug-likeness (QED) is 0.759. The van der Waals surface area contributed by atoms with Crippen LogP contribution in [0.1, 0.15) is 24.5 Å². The minimum Gasteiger partial charge on any atom is -0.340 e. The Morgan fingerprint density at radius 1 is 1.13 bits per heavy atom. The van der Waals surface area contributed by atoms with Gasteiger partial charge in [0.2, 0.25) is 0 Å².